The molecule has 1 saturated heterocycles. The highest BCUT2D eigenvalue weighted by atomic mass is 16.2. The highest BCUT2D eigenvalue weighted by Crippen LogP contribution is 2.32. The van der Waals surface area contributed by atoms with E-state index in [0.717, 1.165) is 18.8 Å². The maximum atomic E-state index is 12.6. The van der Waals surface area contributed by atoms with Gasteiger partial charge in [-0.1, -0.05) is 27.2 Å². The highest BCUT2D eigenvalue weighted by Gasteiger charge is 2.42. The number of hydrogen-bond donors (Lipinski definition) is 1. The minimum absolute atomic E-state index is 0.0385. The van der Waals surface area contributed by atoms with Gasteiger partial charge in [0, 0.05) is 6.04 Å². The molecule has 0 aromatic heterocycles. The van der Waals surface area contributed by atoms with Gasteiger partial charge in [-0.3, -0.25) is 9.59 Å². The highest BCUT2D eigenvalue weighted by molar-refractivity contribution is 5.97. The molecule has 2 atom stereocenters. The monoisotopic (exact) mass is 280 g/mol. The lowest BCUT2D eigenvalue weighted by Gasteiger charge is -2.45. The van der Waals surface area contributed by atoms with Crippen LogP contribution in [0.3, 0.4) is 0 Å². The molecule has 0 radical (unpaired) electrons. The van der Waals surface area contributed by atoms with E-state index in [0.29, 0.717) is 12.8 Å². The molecule has 0 spiro atoms. The van der Waals surface area contributed by atoms with Crippen molar-refractivity contribution in [3.8, 4) is 0 Å². The van der Waals surface area contributed by atoms with Crippen molar-refractivity contribution >= 4 is 11.8 Å². The summed E-state index contributed by atoms with van der Waals surface area (Å²) in [5.74, 6) is 0.984. The van der Waals surface area contributed by atoms with E-state index in [2.05, 4.69) is 12.2 Å². The van der Waals surface area contributed by atoms with E-state index in [4.69, 9.17) is 0 Å². The van der Waals surface area contributed by atoms with Crippen LogP contribution in [0.5, 0.6) is 0 Å². The second-order valence-corrected chi connectivity index (χ2v) is 6.22. The van der Waals surface area contributed by atoms with Gasteiger partial charge in [0.15, 0.2) is 0 Å². The summed E-state index contributed by atoms with van der Waals surface area (Å²) >= 11 is 0. The number of carbonyl (C=O) groups is 2. The summed E-state index contributed by atoms with van der Waals surface area (Å²) < 4.78 is 0. The van der Waals surface area contributed by atoms with E-state index in [1.165, 1.54) is 19.3 Å². The number of amides is 2. The molecule has 1 aliphatic carbocycles. The summed E-state index contributed by atoms with van der Waals surface area (Å²) in [4.78, 5) is 26.8. The molecule has 2 amide bonds. The first-order valence-electron chi connectivity index (χ1n) is 8.24. The van der Waals surface area contributed by atoms with Gasteiger partial charge >= 0.3 is 0 Å². The molecule has 1 heterocycles. The topological polar surface area (TPSA) is 49.4 Å². The Morgan fingerprint density at radius 3 is 2.15 bits per heavy atom. The zero-order valence-corrected chi connectivity index (χ0v) is 13.0. The minimum atomic E-state index is -0.311. The van der Waals surface area contributed by atoms with Crippen LogP contribution in [0.2, 0.25) is 0 Å². The second kappa shape index (κ2) is 6.59. The first-order chi connectivity index (χ1) is 9.62. The standard InChI is InChI=1S/C16H28N2O2/c1-4-11-7-9-12(10-8-11)18-14(6-3)15(19)17-13(5-2)16(18)20/h11-14H,4-10H2,1-3H3,(H,17,19). The molecule has 0 bridgehead atoms. The summed E-state index contributed by atoms with van der Waals surface area (Å²) in [6, 6.07) is -0.293. The van der Waals surface area contributed by atoms with E-state index >= 15 is 0 Å². The average molecular weight is 280 g/mol. The van der Waals surface area contributed by atoms with E-state index in [1.54, 1.807) is 0 Å². The summed E-state index contributed by atoms with van der Waals surface area (Å²) in [6.07, 6.45) is 7.13. The lowest BCUT2D eigenvalue weighted by Crippen LogP contribution is -2.65. The third-order valence-electron chi connectivity index (χ3n) is 5.09. The Balaban J connectivity index is 2.12. The molecule has 2 rings (SSSR count). The molecule has 2 fully saturated rings. The van der Waals surface area contributed by atoms with Gasteiger partial charge in [0.2, 0.25) is 11.8 Å². The van der Waals surface area contributed by atoms with Gasteiger partial charge < -0.3 is 10.2 Å². The Bertz CT molecular complexity index is 361. The third kappa shape index (κ3) is 2.84. The first kappa shape index (κ1) is 15.3. The summed E-state index contributed by atoms with van der Waals surface area (Å²) in [7, 11) is 0. The predicted octanol–water partition coefficient (Wildman–Crippen LogP) is 2.47. The second-order valence-electron chi connectivity index (χ2n) is 6.22. The molecule has 1 saturated carbocycles. The van der Waals surface area contributed by atoms with Crippen LogP contribution in [0.4, 0.5) is 0 Å². The number of nitrogens with one attached hydrogen (secondary N) is 1. The molecule has 114 valence electrons. The zero-order valence-electron chi connectivity index (χ0n) is 13.0. The lowest BCUT2D eigenvalue weighted by molar-refractivity contribution is -0.153. The molecule has 20 heavy (non-hydrogen) atoms. The van der Waals surface area contributed by atoms with Crippen LogP contribution in [0.1, 0.15) is 65.7 Å². The van der Waals surface area contributed by atoms with Gasteiger partial charge in [0.1, 0.15) is 12.1 Å². The molecule has 4 nitrogen and oxygen atoms in total. The van der Waals surface area contributed by atoms with E-state index in [1.807, 2.05) is 18.7 Å². The van der Waals surface area contributed by atoms with Gasteiger partial charge in [-0.05, 0) is 44.4 Å². The van der Waals surface area contributed by atoms with Gasteiger partial charge in [0.05, 0.1) is 0 Å². The van der Waals surface area contributed by atoms with Gasteiger partial charge in [-0.25, -0.2) is 0 Å². The molecular weight excluding hydrogens is 252 g/mol. The maximum absolute atomic E-state index is 12.6. The molecule has 2 unspecified atom stereocenters. The van der Waals surface area contributed by atoms with Crippen molar-refractivity contribution in [3.63, 3.8) is 0 Å². The quantitative estimate of drug-likeness (QED) is 0.860. The number of nitrogens with zero attached hydrogens (tertiary/aromatic N) is 1. The van der Waals surface area contributed by atoms with Crippen LogP contribution in [0.25, 0.3) is 0 Å². The van der Waals surface area contributed by atoms with E-state index in [9.17, 15) is 9.59 Å². The van der Waals surface area contributed by atoms with E-state index < -0.39 is 0 Å². The van der Waals surface area contributed by atoms with Crippen molar-refractivity contribution < 1.29 is 9.59 Å². The Morgan fingerprint density at radius 1 is 1.00 bits per heavy atom. The average Bonchev–Trinajstić information content (AvgIpc) is 2.48. The van der Waals surface area contributed by atoms with Gasteiger partial charge in [-0.15, -0.1) is 0 Å². The molecule has 4 heteroatoms. The normalized spacial score (nSPS) is 35.0. The predicted molar refractivity (Wildman–Crippen MR) is 79.2 cm³/mol. The zero-order chi connectivity index (χ0) is 14.7. The molecule has 1 N–H and O–H groups in total. The summed E-state index contributed by atoms with van der Waals surface area (Å²) in [5, 5.41) is 2.88. The van der Waals surface area contributed by atoms with Crippen molar-refractivity contribution in [2.75, 3.05) is 0 Å². The Kier molecular flexibility index (Phi) is 5.06. The van der Waals surface area contributed by atoms with Crippen molar-refractivity contribution in [3.05, 3.63) is 0 Å². The van der Waals surface area contributed by atoms with Crippen molar-refractivity contribution in [2.24, 2.45) is 5.92 Å². The van der Waals surface area contributed by atoms with Crippen LogP contribution < -0.4 is 5.32 Å². The first-order valence-corrected chi connectivity index (χ1v) is 8.24. The number of piperazine rings is 1. The van der Waals surface area contributed by atoms with E-state index in [-0.39, 0.29) is 29.9 Å². The minimum Gasteiger partial charge on any atom is -0.343 e. The number of hydrogen-bond acceptors (Lipinski definition) is 2. The Morgan fingerprint density at radius 2 is 1.65 bits per heavy atom. The largest absolute Gasteiger partial charge is 0.343 e. The third-order valence-corrected chi connectivity index (χ3v) is 5.09. The fourth-order valence-corrected chi connectivity index (χ4v) is 3.71. The summed E-state index contributed by atoms with van der Waals surface area (Å²) in [5.41, 5.74) is 0. The van der Waals surface area contributed by atoms with Crippen LogP contribution in [0, 0.1) is 5.92 Å². The smallest absolute Gasteiger partial charge is 0.246 e. The Hall–Kier alpha value is -1.06. The Labute approximate surface area is 122 Å². The fraction of sp³-hybridized carbons (Fsp3) is 0.875. The molecule has 1 aliphatic heterocycles. The number of carbonyl (C=O) groups excluding carboxylic acids is 2. The SMILES string of the molecule is CCC1CCC(N2C(=O)C(CC)NC(=O)C2CC)CC1. The number of rotatable bonds is 4. The van der Waals surface area contributed by atoms with Crippen LogP contribution in [-0.2, 0) is 9.59 Å². The lowest BCUT2D eigenvalue weighted by atomic mass is 9.82. The fourth-order valence-electron chi connectivity index (χ4n) is 3.71. The summed E-state index contributed by atoms with van der Waals surface area (Å²) in [6.45, 7) is 6.20. The van der Waals surface area contributed by atoms with Crippen LogP contribution in [-0.4, -0.2) is 34.8 Å². The van der Waals surface area contributed by atoms with Crippen molar-refractivity contribution in [1.82, 2.24) is 10.2 Å². The molecule has 2 aliphatic rings. The van der Waals surface area contributed by atoms with Crippen LogP contribution in [0.15, 0.2) is 0 Å². The molecule has 0 aromatic rings. The van der Waals surface area contributed by atoms with Crippen molar-refractivity contribution in [1.29, 1.82) is 0 Å². The molecular formula is C16H28N2O2. The van der Waals surface area contributed by atoms with Crippen LogP contribution >= 0.6 is 0 Å². The molecule has 0 aromatic carbocycles. The van der Waals surface area contributed by atoms with Gasteiger partial charge in [0.25, 0.3) is 0 Å². The van der Waals surface area contributed by atoms with Crippen molar-refractivity contribution in [2.45, 2.75) is 83.8 Å². The maximum Gasteiger partial charge on any atom is 0.246 e. The van der Waals surface area contributed by atoms with Gasteiger partial charge in [-0.2, -0.15) is 0 Å².